The molecule has 0 amide bonds. The minimum absolute atomic E-state index is 0.132. The molecule has 1 aromatic carbocycles. The first-order chi connectivity index (χ1) is 8.92. The Morgan fingerprint density at radius 2 is 1.95 bits per heavy atom. The van der Waals surface area contributed by atoms with Crippen LogP contribution >= 0.6 is 15.9 Å². The molecular formula is C11H14BrF3N2O2S. The maximum Gasteiger partial charge on any atom is 0.390 e. The second kappa shape index (κ2) is 5.90. The number of halogens is 4. The van der Waals surface area contributed by atoms with Crippen molar-refractivity contribution in [2.24, 2.45) is 0 Å². The summed E-state index contributed by atoms with van der Waals surface area (Å²) in [6.07, 6.45) is -5.67. The molecule has 1 rings (SSSR count). The number of nitrogens with two attached hydrogens (primary N) is 1. The molecule has 0 saturated carbocycles. The van der Waals surface area contributed by atoms with Gasteiger partial charge in [0.15, 0.2) is 0 Å². The van der Waals surface area contributed by atoms with Crippen molar-refractivity contribution >= 4 is 31.6 Å². The van der Waals surface area contributed by atoms with Crippen molar-refractivity contribution in [3.8, 4) is 0 Å². The van der Waals surface area contributed by atoms with Crippen molar-refractivity contribution in [1.29, 1.82) is 0 Å². The van der Waals surface area contributed by atoms with Gasteiger partial charge >= 0.3 is 6.18 Å². The fourth-order valence-electron chi connectivity index (χ4n) is 1.68. The average Bonchev–Trinajstić information content (AvgIpc) is 2.19. The Morgan fingerprint density at radius 1 is 1.40 bits per heavy atom. The van der Waals surface area contributed by atoms with Crippen LogP contribution in [0.2, 0.25) is 0 Å². The van der Waals surface area contributed by atoms with Crippen molar-refractivity contribution < 1.29 is 21.6 Å². The molecule has 0 aliphatic heterocycles. The van der Waals surface area contributed by atoms with E-state index in [-0.39, 0.29) is 10.6 Å². The molecule has 0 aliphatic rings. The first kappa shape index (κ1) is 17.3. The van der Waals surface area contributed by atoms with Gasteiger partial charge in [-0.15, -0.1) is 0 Å². The van der Waals surface area contributed by atoms with Gasteiger partial charge in [-0.1, -0.05) is 0 Å². The molecule has 0 aromatic heterocycles. The Bertz CT molecular complexity index is 602. The van der Waals surface area contributed by atoms with Gasteiger partial charge in [0.05, 0.1) is 11.3 Å². The fraction of sp³-hybridized carbons (Fsp3) is 0.455. The van der Waals surface area contributed by atoms with E-state index in [1.807, 2.05) is 4.72 Å². The standard InChI is InChI=1S/C11H14BrF3N2O2S/c1-6-3-8(12)9(16)4-10(6)20(18,19)17-7(2)5-11(13,14)15/h3-4,7,17H,5,16H2,1-2H3. The Hall–Kier alpha value is -0.800. The summed E-state index contributed by atoms with van der Waals surface area (Å²) in [6.45, 7) is 2.69. The summed E-state index contributed by atoms with van der Waals surface area (Å²) in [5, 5.41) is 0. The maximum atomic E-state index is 12.2. The van der Waals surface area contributed by atoms with Gasteiger partial charge in [0.25, 0.3) is 0 Å². The van der Waals surface area contributed by atoms with Crippen LogP contribution in [0.5, 0.6) is 0 Å². The van der Waals surface area contributed by atoms with Crippen LogP contribution in [-0.4, -0.2) is 20.6 Å². The van der Waals surface area contributed by atoms with E-state index in [0.29, 0.717) is 10.0 Å². The van der Waals surface area contributed by atoms with Crippen molar-refractivity contribution in [1.82, 2.24) is 4.72 Å². The lowest BCUT2D eigenvalue weighted by atomic mass is 10.2. The summed E-state index contributed by atoms with van der Waals surface area (Å²) in [6, 6.07) is 1.45. The number of hydrogen-bond donors (Lipinski definition) is 2. The number of anilines is 1. The van der Waals surface area contributed by atoms with Gasteiger partial charge in [-0.25, -0.2) is 13.1 Å². The predicted molar refractivity (Wildman–Crippen MR) is 73.7 cm³/mol. The third kappa shape index (κ3) is 4.64. The number of nitrogen functional groups attached to an aromatic ring is 1. The zero-order valence-corrected chi connectivity index (χ0v) is 13.2. The third-order valence-electron chi connectivity index (χ3n) is 2.48. The molecule has 0 aliphatic carbocycles. The first-order valence-electron chi connectivity index (χ1n) is 5.57. The monoisotopic (exact) mass is 374 g/mol. The Kier molecular flexibility index (Phi) is 5.09. The Balaban J connectivity index is 3.03. The van der Waals surface area contributed by atoms with E-state index in [2.05, 4.69) is 15.9 Å². The van der Waals surface area contributed by atoms with Gasteiger partial charge in [0.2, 0.25) is 10.0 Å². The number of nitrogens with one attached hydrogen (secondary N) is 1. The lowest BCUT2D eigenvalue weighted by Crippen LogP contribution is -2.36. The maximum absolute atomic E-state index is 12.2. The lowest BCUT2D eigenvalue weighted by molar-refractivity contribution is -0.137. The smallest absolute Gasteiger partial charge is 0.390 e. The summed E-state index contributed by atoms with van der Waals surface area (Å²) >= 11 is 3.15. The van der Waals surface area contributed by atoms with Gasteiger partial charge < -0.3 is 5.73 Å². The minimum Gasteiger partial charge on any atom is -0.398 e. The predicted octanol–water partition coefficient (Wildman–Crippen LogP) is 2.96. The molecule has 0 bridgehead atoms. The SMILES string of the molecule is Cc1cc(Br)c(N)cc1S(=O)(=O)NC(C)CC(F)(F)F. The number of alkyl halides is 3. The molecule has 0 saturated heterocycles. The van der Waals surface area contributed by atoms with E-state index in [1.54, 1.807) is 0 Å². The number of benzene rings is 1. The molecule has 1 atom stereocenters. The van der Waals surface area contributed by atoms with Crippen LogP contribution < -0.4 is 10.5 Å². The molecule has 9 heteroatoms. The van der Waals surface area contributed by atoms with Crippen LogP contribution in [0.25, 0.3) is 0 Å². The van der Waals surface area contributed by atoms with Gasteiger partial charge in [-0.2, -0.15) is 13.2 Å². The largest absolute Gasteiger partial charge is 0.398 e. The fourth-order valence-corrected chi connectivity index (χ4v) is 3.64. The number of aryl methyl sites for hydroxylation is 1. The van der Waals surface area contributed by atoms with E-state index in [9.17, 15) is 21.6 Å². The molecule has 0 fully saturated rings. The van der Waals surface area contributed by atoms with Crippen molar-refractivity contribution in [2.75, 3.05) is 5.73 Å². The van der Waals surface area contributed by atoms with Crippen LogP contribution in [-0.2, 0) is 10.0 Å². The van der Waals surface area contributed by atoms with E-state index >= 15 is 0 Å². The summed E-state index contributed by atoms with van der Waals surface area (Å²) in [4.78, 5) is -0.132. The highest BCUT2D eigenvalue weighted by Crippen LogP contribution is 2.27. The molecule has 0 heterocycles. The Labute approximate surface area is 123 Å². The van der Waals surface area contributed by atoms with Crippen LogP contribution in [0.15, 0.2) is 21.5 Å². The first-order valence-corrected chi connectivity index (χ1v) is 7.84. The minimum atomic E-state index is -4.43. The summed E-state index contributed by atoms with van der Waals surface area (Å²) in [5.41, 5.74) is 6.18. The highest BCUT2D eigenvalue weighted by atomic mass is 79.9. The lowest BCUT2D eigenvalue weighted by Gasteiger charge is -2.17. The molecule has 20 heavy (non-hydrogen) atoms. The molecular weight excluding hydrogens is 361 g/mol. The summed E-state index contributed by atoms with van der Waals surface area (Å²) in [5.74, 6) is 0. The normalized spacial score (nSPS) is 14.3. The topological polar surface area (TPSA) is 72.2 Å². The summed E-state index contributed by atoms with van der Waals surface area (Å²) < 4.78 is 63.3. The van der Waals surface area contributed by atoms with Crippen molar-refractivity contribution in [2.45, 2.75) is 37.4 Å². The zero-order valence-electron chi connectivity index (χ0n) is 10.8. The van der Waals surface area contributed by atoms with Gasteiger partial charge in [0.1, 0.15) is 0 Å². The number of hydrogen-bond acceptors (Lipinski definition) is 3. The van der Waals surface area contributed by atoms with Gasteiger partial charge in [-0.3, -0.25) is 0 Å². The highest BCUT2D eigenvalue weighted by Gasteiger charge is 2.32. The van der Waals surface area contributed by atoms with Crippen LogP contribution in [0.3, 0.4) is 0 Å². The zero-order chi connectivity index (χ0) is 15.7. The molecule has 3 N–H and O–H groups in total. The molecule has 114 valence electrons. The molecule has 4 nitrogen and oxygen atoms in total. The average molecular weight is 375 g/mol. The van der Waals surface area contributed by atoms with Gasteiger partial charge in [-0.05, 0) is 47.5 Å². The number of sulfonamides is 1. The molecule has 1 aromatic rings. The van der Waals surface area contributed by atoms with E-state index in [1.165, 1.54) is 19.1 Å². The molecule has 0 radical (unpaired) electrons. The van der Waals surface area contributed by atoms with Crippen molar-refractivity contribution in [3.63, 3.8) is 0 Å². The van der Waals surface area contributed by atoms with E-state index in [0.717, 1.165) is 6.92 Å². The number of rotatable bonds is 4. The quantitative estimate of drug-likeness (QED) is 0.795. The van der Waals surface area contributed by atoms with Crippen LogP contribution in [0, 0.1) is 6.92 Å². The van der Waals surface area contributed by atoms with Gasteiger partial charge in [0, 0.05) is 16.2 Å². The highest BCUT2D eigenvalue weighted by molar-refractivity contribution is 9.10. The van der Waals surface area contributed by atoms with Crippen molar-refractivity contribution in [3.05, 3.63) is 22.2 Å². The second-order valence-corrected chi connectivity index (χ2v) is 7.02. The van der Waals surface area contributed by atoms with E-state index < -0.39 is 28.7 Å². The van der Waals surface area contributed by atoms with Crippen LogP contribution in [0.1, 0.15) is 18.9 Å². The second-order valence-electron chi connectivity index (χ2n) is 4.48. The van der Waals surface area contributed by atoms with E-state index in [4.69, 9.17) is 5.73 Å². The van der Waals surface area contributed by atoms with Crippen LogP contribution in [0.4, 0.5) is 18.9 Å². The summed E-state index contributed by atoms with van der Waals surface area (Å²) in [7, 11) is -4.05. The molecule has 1 unspecified atom stereocenters. The third-order valence-corrected chi connectivity index (χ3v) is 4.90. The Morgan fingerprint density at radius 3 is 2.45 bits per heavy atom. The molecule has 0 spiro atoms.